The molecule has 0 spiro atoms. The Labute approximate surface area is 280 Å². The maximum atomic E-state index is 12.4. The molecule has 0 aliphatic heterocycles. The molecule has 0 aromatic carbocycles. The number of phosphoric acid groups is 1. The van der Waals surface area contributed by atoms with Crippen molar-refractivity contribution in [1.29, 1.82) is 0 Å². The fourth-order valence-electron chi connectivity index (χ4n) is 4.61. The van der Waals surface area contributed by atoms with Crippen LogP contribution in [0.2, 0.25) is 0 Å². The van der Waals surface area contributed by atoms with Crippen LogP contribution in [-0.2, 0) is 32.7 Å². The molecule has 0 saturated carbocycles. The molecule has 2 atom stereocenters. The zero-order valence-electron chi connectivity index (χ0n) is 29.2. The smallest absolute Gasteiger partial charge is 0.462 e. The summed E-state index contributed by atoms with van der Waals surface area (Å²) in [6.45, 7) is 3.69. The lowest BCUT2D eigenvalue weighted by molar-refractivity contribution is -0.161. The van der Waals surface area contributed by atoms with E-state index in [2.05, 4.69) is 54.8 Å². The van der Waals surface area contributed by atoms with Crippen LogP contribution in [0.1, 0.15) is 149 Å². The van der Waals surface area contributed by atoms with Crippen molar-refractivity contribution in [3.05, 3.63) is 48.6 Å². The normalized spacial score (nSPS) is 14.1. The molecule has 46 heavy (non-hydrogen) atoms. The number of ether oxygens (including phenoxy) is 2. The first kappa shape index (κ1) is 44.0. The van der Waals surface area contributed by atoms with E-state index < -0.39 is 32.5 Å². The van der Waals surface area contributed by atoms with E-state index in [4.69, 9.17) is 14.0 Å². The predicted molar refractivity (Wildman–Crippen MR) is 188 cm³/mol. The molecule has 0 heterocycles. The van der Waals surface area contributed by atoms with Crippen LogP contribution in [0.3, 0.4) is 0 Å². The van der Waals surface area contributed by atoms with Gasteiger partial charge in [-0.25, -0.2) is 4.57 Å². The summed E-state index contributed by atoms with van der Waals surface area (Å²) in [5.41, 5.74) is 0. The number of allylic oxidation sites excluding steroid dienone is 8. The third kappa shape index (κ3) is 32.0. The fourth-order valence-corrected chi connectivity index (χ4v) is 5.07. The summed E-state index contributed by atoms with van der Waals surface area (Å²) < 4.78 is 31.7. The van der Waals surface area contributed by atoms with Crippen LogP contribution < -0.4 is 0 Å². The van der Waals surface area contributed by atoms with E-state index in [0.29, 0.717) is 6.42 Å². The average molecular weight is 669 g/mol. The summed E-state index contributed by atoms with van der Waals surface area (Å²) in [6, 6.07) is 0. The highest BCUT2D eigenvalue weighted by atomic mass is 31.2. The van der Waals surface area contributed by atoms with Crippen molar-refractivity contribution in [3.8, 4) is 0 Å². The molecule has 8 nitrogen and oxygen atoms in total. The molecule has 2 unspecified atom stereocenters. The second-order valence-corrected chi connectivity index (χ2v) is 13.2. The first-order chi connectivity index (χ1) is 22.3. The van der Waals surface area contributed by atoms with E-state index in [9.17, 15) is 19.0 Å². The Morgan fingerprint density at radius 3 is 1.61 bits per heavy atom. The lowest BCUT2D eigenvalue weighted by Crippen LogP contribution is -2.29. The topological polar surface area (TPSA) is 108 Å². The monoisotopic (exact) mass is 668 g/mol. The summed E-state index contributed by atoms with van der Waals surface area (Å²) in [4.78, 5) is 34.2. The van der Waals surface area contributed by atoms with Gasteiger partial charge in [-0.3, -0.25) is 18.6 Å². The van der Waals surface area contributed by atoms with Crippen molar-refractivity contribution in [3.63, 3.8) is 0 Å². The van der Waals surface area contributed by atoms with Gasteiger partial charge >= 0.3 is 19.8 Å². The number of rotatable bonds is 32. The van der Waals surface area contributed by atoms with Gasteiger partial charge in [-0.05, 0) is 38.5 Å². The van der Waals surface area contributed by atoms with E-state index in [0.717, 1.165) is 52.1 Å². The number of hydrogen-bond donors (Lipinski definition) is 1. The third-order valence-corrected chi connectivity index (χ3v) is 8.29. The van der Waals surface area contributed by atoms with Crippen LogP contribution in [0.5, 0.6) is 0 Å². The van der Waals surface area contributed by atoms with Crippen molar-refractivity contribution in [2.24, 2.45) is 0 Å². The van der Waals surface area contributed by atoms with Gasteiger partial charge in [0.2, 0.25) is 0 Å². The quantitative estimate of drug-likeness (QED) is 0.0326. The van der Waals surface area contributed by atoms with Crippen LogP contribution in [0.4, 0.5) is 0 Å². The molecule has 266 valence electrons. The first-order valence-corrected chi connectivity index (χ1v) is 19.3. The van der Waals surface area contributed by atoms with Crippen LogP contribution in [-0.4, -0.2) is 43.3 Å². The number of unbranched alkanes of at least 4 members (excludes halogenated alkanes) is 13. The highest BCUT2D eigenvalue weighted by Gasteiger charge is 2.24. The Hall–Kier alpha value is -1.99. The summed E-state index contributed by atoms with van der Waals surface area (Å²) in [6.07, 6.45) is 37.5. The second kappa shape index (κ2) is 32.9. The molecular weight excluding hydrogens is 603 g/mol. The Kier molecular flexibility index (Phi) is 31.5. The minimum Gasteiger partial charge on any atom is -0.462 e. The first-order valence-electron chi connectivity index (χ1n) is 17.8. The zero-order chi connectivity index (χ0) is 34.0. The Morgan fingerprint density at radius 1 is 0.630 bits per heavy atom. The molecule has 0 aliphatic rings. The second-order valence-electron chi connectivity index (χ2n) is 11.6. The third-order valence-electron chi connectivity index (χ3n) is 7.35. The van der Waals surface area contributed by atoms with Crippen LogP contribution in [0.15, 0.2) is 48.6 Å². The predicted octanol–water partition coefficient (Wildman–Crippen LogP) is 10.7. The lowest BCUT2D eigenvalue weighted by Gasteiger charge is -2.19. The summed E-state index contributed by atoms with van der Waals surface area (Å²) in [7, 11) is -3.23. The van der Waals surface area contributed by atoms with Gasteiger partial charge in [0.25, 0.3) is 0 Å². The van der Waals surface area contributed by atoms with Gasteiger partial charge in [0, 0.05) is 20.0 Å². The molecule has 0 saturated heterocycles. The highest BCUT2D eigenvalue weighted by molar-refractivity contribution is 7.47. The van der Waals surface area contributed by atoms with E-state index in [-0.39, 0.29) is 19.4 Å². The Morgan fingerprint density at radius 2 is 1.11 bits per heavy atom. The Bertz CT molecular complexity index is 896. The summed E-state index contributed by atoms with van der Waals surface area (Å²) in [5.74, 6) is -0.900. The summed E-state index contributed by atoms with van der Waals surface area (Å²) in [5, 5.41) is 0. The van der Waals surface area contributed by atoms with Gasteiger partial charge in [0.1, 0.15) is 6.61 Å². The number of hydrogen-bond acceptors (Lipinski definition) is 7. The lowest BCUT2D eigenvalue weighted by atomic mass is 10.0. The minimum absolute atomic E-state index is 0.124. The van der Waals surface area contributed by atoms with Crippen molar-refractivity contribution in [2.45, 2.75) is 155 Å². The zero-order valence-corrected chi connectivity index (χ0v) is 30.1. The number of phosphoric ester groups is 1. The average Bonchev–Trinajstić information content (AvgIpc) is 3.04. The Balaban J connectivity index is 4.18. The van der Waals surface area contributed by atoms with Crippen LogP contribution in [0.25, 0.3) is 0 Å². The number of esters is 2. The van der Waals surface area contributed by atoms with Gasteiger partial charge in [-0.2, -0.15) is 0 Å². The molecule has 9 heteroatoms. The van der Waals surface area contributed by atoms with Crippen LogP contribution in [0, 0.1) is 0 Å². The fraction of sp³-hybridized carbons (Fsp3) is 0.730. The molecule has 0 radical (unpaired) electrons. The molecule has 0 rings (SSSR count). The van der Waals surface area contributed by atoms with E-state index in [1.54, 1.807) is 0 Å². The molecule has 0 aromatic heterocycles. The van der Waals surface area contributed by atoms with E-state index in [1.807, 2.05) is 12.2 Å². The molecule has 0 fully saturated rings. The van der Waals surface area contributed by atoms with E-state index >= 15 is 0 Å². The van der Waals surface area contributed by atoms with Crippen molar-refractivity contribution < 1.29 is 37.6 Å². The van der Waals surface area contributed by atoms with Gasteiger partial charge < -0.3 is 14.4 Å². The number of carbonyl (C=O) groups is 2. The summed E-state index contributed by atoms with van der Waals surface area (Å²) >= 11 is 0. The molecule has 1 N–H and O–H groups in total. The van der Waals surface area contributed by atoms with Crippen LogP contribution >= 0.6 is 7.82 Å². The SMILES string of the molecule is CC/C=C\C/C=C\C/C=C\C/C=C\CCC(=O)OC(COC(=O)CCCCCCCCCCCCCCCC)COP(=O)(O)OC. The maximum absolute atomic E-state index is 12.4. The molecular formula is C37H65O8P. The van der Waals surface area contributed by atoms with Gasteiger partial charge in [0.15, 0.2) is 6.10 Å². The molecule has 0 aromatic rings. The maximum Gasteiger partial charge on any atom is 0.472 e. The molecule has 0 aliphatic carbocycles. The van der Waals surface area contributed by atoms with Crippen molar-refractivity contribution in [1.82, 2.24) is 0 Å². The minimum atomic E-state index is -4.27. The highest BCUT2D eigenvalue weighted by Crippen LogP contribution is 2.42. The largest absolute Gasteiger partial charge is 0.472 e. The van der Waals surface area contributed by atoms with Gasteiger partial charge in [-0.15, -0.1) is 0 Å². The van der Waals surface area contributed by atoms with Crippen molar-refractivity contribution >= 4 is 19.8 Å². The van der Waals surface area contributed by atoms with Crippen molar-refractivity contribution in [2.75, 3.05) is 20.3 Å². The van der Waals surface area contributed by atoms with E-state index in [1.165, 1.54) is 70.6 Å². The number of carbonyl (C=O) groups excluding carboxylic acids is 2. The standard InChI is InChI=1S/C37H65O8P/c1-4-6-8-10-12-14-16-18-20-21-23-25-27-29-31-36(38)43-33-35(34-44-46(40,41)42-3)45-37(39)32-30-28-26-24-22-19-17-15-13-11-9-7-5-2/h7,9,13,15,19,22,26,28,35H,4-6,8,10-12,14,16-18,20-21,23-25,27,29-34H2,1-3H3,(H,40,41)/b9-7-,15-13-,22-19-,28-26-. The van der Waals surface area contributed by atoms with Gasteiger partial charge in [-0.1, -0.05) is 146 Å². The molecule has 0 amide bonds. The molecule has 0 bridgehead atoms. The van der Waals surface area contributed by atoms with Gasteiger partial charge in [0.05, 0.1) is 6.61 Å².